The molecule has 3 aromatic rings. The molecule has 2 aromatic carbocycles. The zero-order valence-corrected chi connectivity index (χ0v) is 18.6. The Bertz CT molecular complexity index is 1230. The van der Waals surface area contributed by atoms with E-state index >= 15 is 0 Å². The summed E-state index contributed by atoms with van der Waals surface area (Å²) in [6.45, 7) is 6.09. The van der Waals surface area contributed by atoms with E-state index in [2.05, 4.69) is 0 Å². The van der Waals surface area contributed by atoms with E-state index in [-0.39, 0.29) is 11.3 Å². The van der Waals surface area contributed by atoms with Gasteiger partial charge in [-0.25, -0.2) is 0 Å². The standard InChI is InChI=1S/C25H22ClNO5/c1-4-31-20-13-16(8-10-18(20)26)23(28)21-22(19-6-5-11-32-19)27(25(30)24(21)29)17-9-7-14(2)15(3)12-17/h5-13,22,28H,4H2,1-3H3/b23-21-. The molecule has 4 rings (SSSR count). The molecule has 0 spiro atoms. The van der Waals surface area contributed by atoms with E-state index in [9.17, 15) is 14.7 Å². The van der Waals surface area contributed by atoms with Gasteiger partial charge in [-0.3, -0.25) is 14.5 Å². The van der Waals surface area contributed by atoms with Gasteiger partial charge in [-0.1, -0.05) is 17.7 Å². The van der Waals surface area contributed by atoms with E-state index < -0.39 is 17.7 Å². The van der Waals surface area contributed by atoms with Gasteiger partial charge in [0.1, 0.15) is 23.3 Å². The zero-order valence-electron chi connectivity index (χ0n) is 17.9. The summed E-state index contributed by atoms with van der Waals surface area (Å²) in [5.41, 5.74) is 2.83. The lowest BCUT2D eigenvalue weighted by Gasteiger charge is -2.24. The molecule has 0 bridgehead atoms. The van der Waals surface area contributed by atoms with Crippen LogP contribution in [0.3, 0.4) is 0 Å². The van der Waals surface area contributed by atoms with Crippen molar-refractivity contribution in [2.24, 2.45) is 0 Å². The summed E-state index contributed by atoms with van der Waals surface area (Å²) in [5, 5.41) is 11.5. The van der Waals surface area contributed by atoms with Crippen molar-refractivity contribution in [3.63, 3.8) is 0 Å². The molecule has 0 radical (unpaired) electrons. The Morgan fingerprint density at radius 1 is 1.12 bits per heavy atom. The van der Waals surface area contributed by atoms with E-state index in [0.717, 1.165) is 11.1 Å². The van der Waals surface area contributed by atoms with Crippen LogP contribution in [0.5, 0.6) is 5.75 Å². The van der Waals surface area contributed by atoms with Gasteiger partial charge >= 0.3 is 0 Å². The molecule has 1 fully saturated rings. The highest BCUT2D eigenvalue weighted by Gasteiger charge is 2.48. The number of carbonyl (C=O) groups is 2. The second-order valence-corrected chi connectivity index (χ2v) is 7.94. The molecule has 164 valence electrons. The molecule has 1 aliphatic rings. The topological polar surface area (TPSA) is 80.0 Å². The van der Waals surface area contributed by atoms with Crippen molar-refractivity contribution in [2.75, 3.05) is 11.5 Å². The highest BCUT2D eigenvalue weighted by atomic mass is 35.5. The maximum atomic E-state index is 13.1. The van der Waals surface area contributed by atoms with Crippen molar-refractivity contribution in [3.8, 4) is 5.75 Å². The number of anilines is 1. The van der Waals surface area contributed by atoms with E-state index in [0.29, 0.717) is 34.4 Å². The minimum Gasteiger partial charge on any atom is -0.507 e. The van der Waals surface area contributed by atoms with Crippen molar-refractivity contribution >= 4 is 34.7 Å². The fourth-order valence-electron chi connectivity index (χ4n) is 3.76. The molecule has 0 saturated carbocycles. The largest absolute Gasteiger partial charge is 0.507 e. The third kappa shape index (κ3) is 3.67. The molecule has 6 nitrogen and oxygen atoms in total. The SMILES string of the molecule is CCOc1cc(/C(O)=C2/C(=O)C(=O)N(c3ccc(C)c(C)c3)C2c2ccco2)ccc1Cl. The highest BCUT2D eigenvalue weighted by Crippen LogP contribution is 2.43. The minimum atomic E-state index is -0.918. The van der Waals surface area contributed by atoms with Gasteiger partial charge in [-0.15, -0.1) is 0 Å². The van der Waals surface area contributed by atoms with Crippen molar-refractivity contribution in [1.29, 1.82) is 0 Å². The molecule has 0 aliphatic carbocycles. The molecule has 1 saturated heterocycles. The first-order valence-corrected chi connectivity index (χ1v) is 10.6. The number of ether oxygens (including phenoxy) is 1. The number of aliphatic hydroxyl groups is 1. The summed E-state index contributed by atoms with van der Waals surface area (Å²) in [6, 6.07) is 12.6. The molecule has 1 amide bonds. The van der Waals surface area contributed by atoms with Crippen molar-refractivity contribution in [1.82, 2.24) is 0 Å². The molecule has 1 atom stereocenters. The molecule has 7 heteroatoms. The monoisotopic (exact) mass is 451 g/mol. The quantitative estimate of drug-likeness (QED) is 0.311. The molecule has 1 aliphatic heterocycles. The first-order chi connectivity index (χ1) is 15.3. The van der Waals surface area contributed by atoms with Gasteiger partial charge in [0.2, 0.25) is 0 Å². The maximum absolute atomic E-state index is 13.1. The number of hydrogen-bond donors (Lipinski definition) is 1. The maximum Gasteiger partial charge on any atom is 0.300 e. The van der Waals surface area contributed by atoms with Crippen LogP contribution in [0.15, 0.2) is 64.8 Å². The lowest BCUT2D eigenvalue weighted by Crippen LogP contribution is -2.29. The fourth-order valence-corrected chi connectivity index (χ4v) is 3.93. The smallest absolute Gasteiger partial charge is 0.300 e. The third-order valence-electron chi connectivity index (χ3n) is 5.53. The first kappa shape index (κ1) is 21.7. The van der Waals surface area contributed by atoms with E-state index in [1.54, 1.807) is 36.4 Å². The van der Waals surface area contributed by atoms with Crippen LogP contribution in [0.1, 0.15) is 35.4 Å². The van der Waals surface area contributed by atoms with Crippen LogP contribution < -0.4 is 9.64 Å². The number of aliphatic hydroxyl groups excluding tert-OH is 1. The fraction of sp³-hybridized carbons (Fsp3) is 0.200. The molecule has 2 heterocycles. The predicted molar refractivity (Wildman–Crippen MR) is 122 cm³/mol. The number of rotatable bonds is 5. The minimum absolute atomic E-state index is 0.0621. The number of nitrogens with zero attached hydrogens (tertiary/aromatic N) is 1. The van der Waals surface area contributed by atoms with Crippen LogP contribution in [0.4, 0.5) is 5.69 Å². The van der Waals surface area contributed by atoms with Gasteiger partial charge in [0, 0.05) is 11.3 Å². The number of amides is 1. The van der Waals surface area contributed by atoms with Crippen molar-refractivity contribution in [3.05, 3.63) is 87.8 Å². The Morgan fingerprint density at radius 3 is 2.56 bits per heavy atom. The number of hydrogen-bond acceptors (Lipinski definition) is 5. The summed E-state index contributed by atoms with van der Waals surface area (Å²) in [5.74, 6) is -1.13. The molecule has 1 N–H and O–H groups in total. The van der Waals surface area contributed by atoms with Crippen LogP contribution in [-0.4, -0.2) is 23.4 Å². The molecular formula is C25H22ClNO5. The van der Waals surface area contributed by atoms with Gasteiger partial charge in [0.05, 0.1) is 23.5 Å². The number of furan rings is 1. The Hall–Kier alpha value is -3.51. The highest BCUT2D eigenvalue weighted by molar-refractivity contribution is 6.51. The summed E-state index contributed by atoms with van der Waals surface area (Å²) in [4.78, 5) is 27.6. The normalized spacial score (nSPS) is 17.8. The van der Waals surface area contributed by atoms with Gasteiger partial charge in [0.15, 0.2) is 0 Å². The Balaban J connectivity index is 1.91. The van der Waals surface area contributed by atoms with E-state index in [4.69, 9.17) is 20.8 Å². The van der Waals surface area contributed by atoms with Crippen LogP contribution in [0.2, 0.25) is 5.02 Å². The molecule has 1 aromatic heterocycles. The molecular weight excluding hydrogens is 430 g/mol. The Morgan fingerprint density at radius 2 is 1.91 bits per heavy atom. The second kappa shape index (κ2) is 8.55. The van der Waals surface area contributed by atoms with Gasteiger partial charge in [-0.05, 0) is 74.4 Å². The van der Waals surface area contributed by atoms with Gasteiger partial charge < -0.3 is 14.3 Å². The Labute approximate surface area is 190 Å². The first-order valence-electron chi connectivity index (χ1n) is 10.2. The van der Waals surface area contributed by atoms with Crippen LogP contribution in [0, 0.1) is 13.8 Å². The number of aryl methyl sites for hydroxylation is 2. The number of benzene rings is 2. The lowest BCUT2D eigenvalue weighted by molar-refractivity contribution is -0.132. The second-order valence-electron chi connectivity index (χ2n) is 7.53. The van der Waals surface area contributed by atoms with Gasteiger partial charge in [-0.2, -0.15) is 0 Å². The van der Waals surface area contributed by atoms with Crippen molar-refractivity contribution in [2.45, 2.75) is 26.8 Å². The van der Waals surface area contributed by atoms with Gasteiger partial charge in [0.25, 0.3) is 11.7 Å². The zero-order chi connectivity index (χ0) is 23.0. The lowest BCUT2D eigenvalue weighted by atomic mass is 9.99. The average Bonchev–Trinajstić information content (AvgIpc) is 3.39. The van der Waals surface area contributed by atoms with Crippen LogP contribution in [0.25, 0.3) is 5.76 Å². The molecule has 1 unspecified atom stereocenters. The van der Waals surface area contributed by atoms with Crippen LogP contribution >= 0.6 is 11.6 Å². The number of Topliss-reactive ketones (excluding diaryl/α,β-unsaturated/α-hetero) is 1. The van der Waals surface area contributed by atoms with Crippen LogP contribution in [-0.2, 0) is 9.59 Å². The van der Waals surface area contributed by atoms with E-state index in [1.807, 2.05) is 32.9 Å². The number of halogens is 1. The van der Waals surface area contributed by atoms with Crippen molar-refractivity contribution < 1.29 is 23.8 Å². The number of carbonyl (C=O) groups excluding carboxylic acids is 2. The van der Waals surface area contributed by atoms with E-state index in [1.165, 1.54) is 11.2 Å². The Kier molecular flexibility index (Phi) is 5.80. The summed E-state index contributed by atoms with van der Waals surface area (Å²) in [7, 11) is 0. The third-order valence-corrected chi connectivity index (χ3v) is 5.84. The predicted octanol–water partition coefficient (Wildman–Crippen LogP) is 5.57. The summed E-state index contributed by atoms with van der Waals surface area (Å²) < 4.78 is 11.1. The molecule has 32 heavy (non-hydrogen) atoms. The summed E-state index contributed by atoms with van der Waals surface area (Å²) >= 11 is 6.16. The summed E-state index contributed by atoms with van der Waals surface area (Å²) in [6.07, 6.45) is 1.46. The average molecular weight is 452 g/mol. The number of ketones is 1.